The van der Waals surface area contributed by atoms with Crippen LogP contribution in [-0.2, 0) is 9.59 Å². The van der Waals surface area contributed by atoms with Crippen LogP contribution in [0.4, 0.5) is 0 Å². The van der Waals surface area contributed by atoms with Crippen molar-refractivity contribution in [1.29, 1.82) is 0 Å². The van der Waals surface area contributed by atoms with Crippen LogP contribution in [0.1, 0.15) is 29.5 Å². The van der Waals surface area contributed by atoms with Gasteiger partial charge in [0.2, 0.25) is 0 Å². The van der Waals surface area contributed by atoms with Crippen LogP contribution in [0.15, 0.2) is 45.3 Å². The number of allylic oxidation sites excluding steroid dienone is 2. The average molecular weight is 284 g/mol. The van der Waals surface area contributed by atoms with Gasteiger partial charge in [-0.1, -0.05) is 0 Å². The van der Waals surface area contributed by atoms with Gasteiger partial charge >= 0.3 is 0 Å². The SMILES string of the molecule is Cc1ccc(/C=C/C(=O)CC(=O)/C=C/c2ccc(C)o2)o1. The molecular formula is C17H16O4. The lowest BCUT2D eigenvalue weighted by Crippen LogP contribution is -2.01. The molecule has 0 aliphatic carbocycles. The fourth-order valence-electron chi connectivity index (χ4n) is 1.73. The molecule has 4 nitrogen and oxygen atoms in total. The molecule has 2 aromatic heterocycles. The van der Waals surface area contributed by atoms with Gasteiger partial charge in [0.25, 0.3) is 0 Å². The van der Waals surface area contributed by atoms with E-state index in [0.717, 1.165) is 11.5 Å². The summed E-state index contributed by atoms with van der Waals surface area (Å²) in [6, 6.07) is 7.15. The Kier molecular flexibility index (Phi) is 4.72. The Labute approximate surface area is 122 Å². The van der Waals surface area contributed by atoms with Crippen LogP contribution in [0.5, 0.6) is 0 Å². The molecule has 0 atom stereocenters. The molecule has 4 heteroatoms. The van der Waals surface area contributed by atoms with E-state index >= 15 is 0 Å². The van der Waals surface area contributed by atoms with Gasteiger partial charge in [0, 0.05) is 0 Å². The monoisotopic (exact) mass is 284 g/mol. The van der Waals surface area contributed by atoms with E-state index in [0.29, 0.717) is 11.5 Å². The van der Waals surface area contributed by atoms with Gasteiger partial charge in [0.1, 0.15) is 23.0 Å². The Morgan fingerprint density at radius 1 is 0.857 bits per heavy atom. The zero-order chi connectivity index (χ0) is 15.2. The van der Waals surface area contributed by atoms with Crippen molar-refractivity contribution in [3.63, 3.8) is 0 Å². The van der Waals surface area contributed by atoms with Crippen molar-refractivity contribution in [3.8, 4) is 0 Å². The van der Waals surface area contributed by atoms with Crippen molar-refractivity contribution < 1.29 is 18.4 Å². The zero-order valence-electron chi connectivity index (χ0n) is 12.0. The van der Waals surface area contributed by atoms with Gasteiger partial charge in [0.15, 0.2) is 11.6 Å². The lowest BCUT2D eigenvalue weighted by Gasteiger charge is -1.91. The highest BCUT2D eigenvalue weighted by atomic mass is 16.3. The van der Waals surface area contributed by atoms with Gasteiger partial charge in [-0.3, -0.25) is 9.59 Å². The number of rotatable bonds is 6. The maximum Gasteiger partial charge on any atom is 0.163 e. The van der Waals surface area contributed by atoms with E-state index in [1.54, 1.807) is 24.3 Å². The summed E-state index contributed by atoms with van der Waals surface area (Å²) >= 11 is 0. The molecule has 0 aliphatic heterocycles. The summed E-state index contributed by atoms with van der Waals surface area (Å²) in [5.74, 6) is 2.19. The van der Waals surface area contributed by atoms with E-state index < -0.39 is 0 Å². The third-order valence-corrected chi connectivity index (χ3v) is 2.74. The van der Waals surface area contributed by atoms with E-state index in [2.05, 4.69) is 0 Å². The molecule has 0 amide bonds. The smallest absolute Gasteiger partial charge is 0.163 e. The zero-order valence-corrected chi connectivity index (χ0v) is 12.0. The third kappa shape index (κ3) is 4.76. The summed E-state index contributed by atoms with van der Waals surface area (Å²) in [6.07, 6.45) is 5.64. The lowest BCUT2D eigenvalue weighted by atomic mass is 10.1. The molecule has 0 spiro atoms. The molecule has 2 rings (SSSR count). The molecule has 2 heterocycles. The predicted molar refractivity (Wildman–Crippen MR) is 79.6 cm³/mol. The highest BCUT2D eigenvalue weighted by Gasteiger charge is 2.04. The number of aryl methyl sites for hydroxylation is 2. The number of furan rings is 2. The van der Waals surface area contributed by atoms with Gasteiger partial charge in [-0.05, 0) is 62.4 Å². The first kappa shape index (κ1) is 14.8. The molecule has 0 saturated carbocycles. The second-order valence-corrected chi connectivity index (χ2v) is 4.67. The predicted octanol–water partition coefficient (Wildman–Crippen LogP) is 3.74. The van der Waals surface area contributed by atoms with Crippen LogP contribution in [0.25, 0.3) is 12.2 Å². The van der Waals surface area contributed by atoms with E-state index in [1.165, 1.54) is 12.2 Å². The fraction of sp³-hybridized carbons (Fsp3) is 0.176. The maximum atomic E-state index is 11.6. The van der Waals surface area contributed by atoms with E-state index in [4.69, 9.17) is 8.83 Å². The number of hydrogen-bond donors (Lipinski definition) is 0. The Morgan fingerprint density at radius 2 is 1.29 bits per heavy atom. The van der Waals surface area contributed by atoms with Crippen LogP contribution < -0.4 is 0 Å². The molecule has 108 valence electrons. The molecule has 0 fully saturated rings. The molecule has 0 aromatic carbocycles. The first-order valence-corrected chi connectivity index (χ1v) is 6.57. The lowest BCUT2D eigenvalue weighted by molar-refractivity contribution is -0.121. The van der Waals surface area contributed by atoms with E-state index in [1.807, 2.05) is 26.0 Å². The minimum atomic E-state index is -0.269. The van der Waals surface area contributed by atoms with Gasteiger partial charge in [-0.25, -0.2) is 0 Å². The molecule has 21 heavy (non-hydrogen) atoms. The van der Waals surface area contributed by atoms with E-state index in [9.17, 15) is 9.59 Å². The van der Waals surface area contributed by atoms with Crippen molar-refractivity contribution in [2.45, 2.75) is 20.3 Å². The summed E-state index contributed by atoms with van der Waals surface area (Å²) in [5, 5.41) is 0. The summed E-state index contributed by atoms with van der Waals surface area (Å²) in [5.41, 5.74) is 0. The number of ketones is 2. The molecular weight excluding hydrogens is 268 g/mol. The summed E-state index contributed by atoms with van der Waals surface area (Å²) in [7, 11) is 0. The molecule has 0 unspecified atom stereocenters. The standard InChI is InChI=1S/C17H16O4/c1-12-3-7-16(20-12)9-5-14(18)11-15(19)6-10-17-8-4-13(2)21-17/h3-10H,11H2,1-2H3/b9-5+,10-6+. The van der Waals surface area contributed by atoms with Crippen LogP contribution in [0.2, 0.25) is 0 Å². The molecule has 2 aromatic rings. The van der Waals surface area contributed by atoms with Gasteiger partial charge in [-0.15, -0.1) is 0 Å². The minimum Gasteiger partial charge on any atom is -0.462 e. The fourth-order valence-corrected chi connectivity index (χ4v) is 1.73. The van der Waals surface area contributed by atoms with Crippen molar-refractivity contribution in [2.24, 2.45) is 0 Å². The first-order chi connectivity index (χ1) is 10.0. The van der Waals surface area contributed by atoms with E-state index in [-0.39, 0.29) is 18.0 Å². The number of carbonyl (C=O) groups excluding carboxylic acids is 2. The normalized spacial score (nSPS) is 11.5. The van der Waals surface area contributed by atoms with Crippen LogP contribution in [0.3, 0.4) is 0 Å². The van der Waals surface area contributed by atoms with Crippen molar-refractivity contribution in [3.05, 3.63) is 59.5 Å². The highest BCUT2D eigenvalue weighted by molar-refractivity contribution is 6.10. The van der Waals surface area contributed by atoms with Gasteiger partial charge < -0.3 is 8.83 Å². The largest absolute Gasteiger partial charge is 0.462 e. The second-order valence-electron chi connectivity index (χ2n) is 4.67. The minimum absolute atomic E-state index is 0.174. The number of hydrogen-bond acceptors (Lipinski definition) is 4. The quantitative estimate of drug-likeness (QED) is 0.599. The summed E-state index contributed by atoms with van der Waals surface area (Å²) < 4.78 is 10.6. The Balaban J connectivity index is 1.86. The highest BCUT2D eigenvalue weighted by Crippen LogP contribution is 2.09. The topological polar surface area (TPSA) is 60.4 Å². The Bertz CT molecular complexity index is 638. The third-order valence-electron chi connectivity index (χ3n) is 2.74. The first-order valence-electron chi connectivity index (χ1n) is 6.57. The summed E-state index contributed by atoms with van der Waals surface area (Å²) in [4.78, 5) is 23.3. The Hall–Kier alpha value is -2.62. The molecule has 0 radical (unpaired) electrons. The van der Waals surface area contributed by atoms with Crippen molar-refractivity contribution in [1.82, 2.24) is 0 Å². The van der Waals surface area contributed by atoms with Crippen LogP contribution >= 0.6 is 0 Å². The van der Waals surface area contributed by atoms with Gasteiger partial charge in [-0.2, -0.15) is 0 Å². The summed E-state index contributed by atoms with van der Waals surface area (Å²) in [6.45, 7) is 3.65. The van der Waals surface area contributed by atoms with Crippen LogP contribution in [-0.4, -0.2) is 11.6 Å². The Morgan fingerprint density at radius 3 is 1.62 bits per heavy atom. The average Bonchev–Trinajstić information content (AvgIpc) is 3.03. The molecule has 0 bridgehead atoms. The van der Waals surface area contributed by atoms with Crippen molar-refractivity contribution in [2.75, 3.05) is 0 Å². The number of carbonyl (C=O) groups is 2. The van der Waals surface area contributed by atoms with Crippen molar-refractivity contribution >= 4 is 23.7 Å². The maximum absolute atomic E-state index is 11.6. The molecule has 0 aliphatic rings. The second kappa shape index (κ2) is 6.70. The molecule has 0 N–H and O–H groups in total. The molecule has 0 saturated heterocycles. The van der Waals surface area contributed by atoms with Crippen LogP contribution in [0, 0.1) is 13.8 Å². The van der Waals surface area contributed by atoms with Gasteiger partial charge in [0.05, 0.1) is 6.42 Å².